The molecule has 0 aliphatic rings. The third kappa shape index (κ3) is 4.45. The van der Waals surface area contributed by atoms with Crippen molar-refractivity contribution < 1.29 is 14.9 Å². The predicted molar refractivity (Wildman–Crippen MR) is 115 cm³/mol. The van der Waals surface area contributed by atoms with Crippen LogP contribution in [0.3, 0.4) is 0 Å². The largest absolute Gasteiger partial charge is 0.507 e. The van der Waals surface area contributed by atoms with E-state index in [2.05, 4.69) is 15.0 Å². The molecule has 0 aliphatic heterocycles. The fourth-order valence-electron chi connectivity index (χ4n) is 2.97. The molecule has 0 atom stereocenters. The van der Waals surface area contributed by atoms with Crippen molar-refractivity contribution in [2.75, 3.05) is 13.2 Å². The van der Waals surface area contributed by atoms with Crippen molar-refractivity contribution in [3.05, 3.63) is 78.9 Å². The van der Waals surface area contributed by atoms with Gasteiger partial charge in [-0.1, -0.05) is 60.7 Å². The SMILES string of the molecule is OCCCOc1ccc(-c2nc(-c3ccccc3)nc(-c3ccccc3)n2)c(O)c1. The van der Waals surface area contributed by atoms with Crippen LogP contribution in [0.25, 0.3) is 34.2 Å². The lowest BCUT2D eigenvalue weighted by Gasteiger charge is -2.11. The first-order valence-electron chi connectivity index (χ1n) is 9.68. The van der Waals surface area contributed by atoms with Gasteiger partial charge in [0.15, 0.2) is 17.5 Å². The number of aromatic nitrogens is 3. The van der Waals surface area contributed by atoms with Crippen molar-refractivity contribution in [2.24, 2.45) is 0 Å². The lowest BCUT2D eigenvalue weighted by Crippen LogP contribution is -2.01. The fourth-order valence-corrected chi connectivity index (χ4v) is 2.97. The maximum absolute atomic E-state index is 10.6. The molecule has 2 N–H and O–H groups in total. The average Bonchev–Trinajstić information content (AvgIpc) is 2.80. The molecule has 4 rings (SSSR count). The summed E-state index contributed by atoms with van der Waals surface area (Å²) in [6, 6.07) is 24.3. The van der Waals surface area contributed by atoms with Gasteiger partial charge < -0.3 is 14.9 Å². The van der Waals surface area contributed by atoms with Gasteiger partial charge in [-0.2, -0.15) is 0 Å². The molecule has 0 unspecified atom stereocenters. The third-order valence-electron chi connectivity index (χ3n) is 4.48. The molecule has 30 heavy (non-hydrogen) atoms. The van der Waals surface area contributed by atoms with Crippen LogP contribution < -0.4 is 4.74 Å². The first-order chi connectivity index (χ1) is 14.7. The van der Waals surface area contributed by atoms with Crippen LogP contribution in [-0.4, -0.2) is 38.4 Å². The molecular weight excluding hydrogens is 378 g/mol. The van der Waals surface area contributed by atoms with Gasteiger partial charge in [0.2, 0.25) is 0 Å². The van der Waals surface area contributed by atoms with E-state index in [1.807, 2.05) is 60.7 Å². The maximum atomic E-state index is 10.6. The minimum atomic E-state index is 0.0146. The number of aromatic hydroxyl groups is 1. The maximum Gasteiger partial charge on any atom is 0.167 e. The van der Waals surface area contributed by atoms with Crippen molar-refractivity contribution in [3.8, 4) is 45.7 Å². The number of aliphatic hydroxyl groups is 1. The Morgan fingerprint density at radius 3 is 1.80 bits per heavy atom. The summed E-state index contributed by atoms with van der Waals surface area (Å²) in [5.74, 6) is 1.97. The Labute approximate surface area is 174 Å². The summed E-state index contributed by atoms with van der Waals surface area (Å²) in [4.78, 5) is 13.9. The van der Waals surface area contributed by atoms with E-state index < -0.39 is 0 Å². The molecule has 0 saturated heterocycles. The van der Waals surface area contributed by atoms with Gasteiger partial charge in [0.1, 0.15) is 11.5 Å². The van der Waals surface area contributed by atoms with E-state index in [-0.39, 0.29) is 12.4 Å². The normalized spacial score (nSPS) is 10.7. The van der Waals surface area contributed by atoms with Crippen LogP contribution >= 0.6 is 0 Å². The average molecular weight is 399 g/mol. The lowest BCUT2D eigenvalue weighted by molar-refractivity contribution is 0.233. The van der Waals surface area contributed by atoms with E-state index in [1.54, 1.807) is 12.1 Å². The number of rotatable bonds is 7. The Morgan fingerprint density at radius 2 is 1.27 bits per heavy atom. The summed E-state index contributed by atoms with van der Waals surface area (Å²) in [6.07, 6.45) is 0.525. The summed E-state index contributed by atoms with van der Waals surface area (Å²) < 4.78 is 5.53. The van der Waals surface area contributed by atoms with Crippen molar-refractivity contribution in [1.82, 2.24) is 15.0 Å². The number of hydrogen-bond acceptors (Lipinski definition) is 6. The number of benzene rings is 3. The molecular formula is C24H21N3O3. The molecule has 0 aliphatic carbocycles. The second-order valence-electron chi connectivity index (χ2n) is 6.64. The van der Waals surface area contributed by atoms with E-state index in [9.17, 15) is 5.11 Å². The number of hydrogen-bond donors (Lipinski definition) is 2. The number of phenols is 1. The molecule has 0 spiro atoms. The Bertz CT molecular complexity index is 1060. The van der Waals surface area contributed by atoms with Gasteiger partial charge in [-0.15, -0.1) is 0 Å². The monoisotopic (exact) mass is 399 g/mol. The Balaban J connectivity index is 1.77. The van der Waals surface area contributed by atoms with Gasteiger partial charge in [-0.05, 0) is 12.1 Å². The first kappa shape index (κ1) is 19.5. The summed E-state index contributed by atoms with van der Waals surface area (Å²) in [7, 11) is 0. The number of aliphatic hydroxyl groups excluding tert-OH is 1. The van der Waals surface area contributed by atoms with Crippen LogP contribution in [0.1, 0.15) is 6.42 Å². The fraction of sp³-hybridized carbons (Fsp3) is 0.125. The second kappa shape index (κ2) is 9.15. The molecule has 1 aromatic heterocycles. The molecule has 6 heteroatoms. The Kier molecular flexibility index (Phi) is 5.96. The molecule has 1 heterocycles. The van der Waals surface area contributed by atoms with Gasteiger partial charge in [-0.25, -0.2) is 15.0 Å². The van der Waals surface area contributed by atoms with E-state index in [0.717, 1.165) is 11.1 Å². The van der Waals surface area contributed by atoms with E-state index in [1.165, 1.54) is 6.07 Å². The van der Waals surface area contributed by atoms with Crippen LogP contribution in [0.5, 0.6) is 11.5 Å². The molecule has 3 aromatic carbocycles. The third-order valence-corrected chi connectivity index (χ3v) is 4.48. The van der Waals surface area contributed by atoms with E-state index in [0.29, 0.717) is 41.8 Å². The number of phenolic OH excluding ortho intramolecular Hbond substituents is 1. The minimum absolute atomic E-state index is 0.0146. The number of nitrogens with zero attached hydrogens (tertiary/aromatic N) is 3. The Hall–Kier alpha value is -3.77. The summed E-state index contributed by atoms with van der Waals surface area (Å²) in [6.45, 7) is 0.427. The van der Waals surface area contributed by atoms with Crippen LogP contribution in [0, 0.1) is 0 Å². The Morgan fingerprint density at radius 1 is 0.700 bits per heavy atom. The van der Waals surface area contributed by atoms with Crippen molar-refractivity contribution in [3.63, 3.8) is 0 Å². The van der Waals surface area contributed by atoms with E-state index >= 15 is 0 Å². The predicted octanol–water partition coefficient (Wildman–Crippen LogP) is 4.34. The van der Waals surface area contributed by atoms with Crippen LogP contribution in [0.2, 0.25) is 0 Å². The van der Waals surface area contributed by atoms with Gasteiger partial charge in [0.25, 0.3) is 0 Å². The number of ether oxygens (including phenoxy) is 1. The second-order valence-corrected chi connectivity index (χ2v) is 6.64. The highest BCUT2D eigenvalue weighted by Crippen LogP contribution is 2.32. The van der Waals surface area contributed by atoms with Crippen LogP contribution in [0.15, 0.2) is 78.9 Å². The zero-order valence-corrected chi connectivity index (χ0v) is 16.3. The molecule has 0 bridgehead atoms. The molecule has 4 aromatic rings. The quantitative estimate of drug-likeness (QED) is 0.450. The van der Waals surface area contributed by atoms with Crippen molar-refractivity contribution in [1.29, 1.82) is 0 Å². The summed E-state index contributed by atoms with van der Waals surface area (Å²) in [5.41, 5.74) is 2.21. The highest BCUT2D eigenvalue weighted by atomic mass is 16.5. The zero-order chi connectivity index (χ0) is 20.8. The smallest absolute Gasteiger partial charge is 0.167 e. The molecule has 150 valence electrons. The van der Waals surface area contributed by atoms with Gasteiger partial charge >= 0.3 is 0 Å². The van der Waals surface area contributed by atoms with Gasteiger partial charge in [-0.3, -0.25) is 0 Å². The topological polar surface area (TPSA) is 88.4 Å². The summed E-state index contributed by atoms with van der Waals surface area (Å²) >= 11 is 0. The standard InChI is InChI=1S/C24H21N3O3/c28-14-7-15-30-19-12-13-20(21(29)16-19)24-26-22(17-8-3-1-4-9-17)25-23(27-24)18-10-5-2-6-11-18/h1-6,8-13,16,28-29H,7,14-15H2. The molecule has 0 fully saturated rings. The lowest BCUT2D eigenvalue weighted by atomic mass is 10.1. The van der Waals surface area contributed by atoms with Crippen LogP contribution in [-0.2, 0) is 0 Å². The molecule has 0 saturated carbocycles. The minimum Gasteiger partial charge on any atom is -0.507 e. The molecule has 0 amide bonds. The summed E-state index contributed by atoms with van der Waals surface area (Å²) in [5, 5.41) is 19.5. The van der Waals surface area contributed by atoms with Crippen LogP contribution in [0.4, 0.5) is 0 Å². The van der Waals surface area contributed by atoms with Crippen molar-refractivity contribution in [2.45, 2.75) is 6.42 Å². The first-order valence-corrected chi connectivity index (χ1v) is 9.68. The molecule has 6 nitrogen and oxygen atoms in total. The highest BCUT2D eigenvalue weighted by Gasteiger charge is 2.15. The van der Waals surface area contributed by atoms with E-state index in [4.69, 9.17) is 9.84 Å². The van der Waals surface area contributed by atoms with Gasteiger partial charge in [0, 0.05) is 30.2 Å². The highest BCUT2D eigenvalue weighted by molar-refractivity contribution is 5.70. The van der Waals surface area contributed by atoms with Crippen molar-refractivity contribution >= 4 is 0 Å². The zero-order valence-electron chi connectivity index (χ0n) is 16.3. The molecule has 0 radical (unpaired) electrons. The van der Waals surface area contributed by atoms with Gasteiger partial charge in [0.05, 0.1) is 12.2 Å².